The summed E-state index contributed by atoms with van der Waals surface area (Å²) in [5.74, 6) is 0.649. The summed E-state index contributed by atoms with van der Waals surface area (Å²) in [4.78, 5) is 29.6. The molecule has 5 nitrogen and oxygen atoms in total. The SMILES string of the molecule is Cc1ccc(OCC(=O)N2CCN(C(=O)c3ccccc3S)CC2)c(C(C)(C)C)c1. The second-order valence-corrected chi connectivity index (χ2v) is 9.21. The molecule has 160 valence electrons. The third-order valence-electron chi connectivity index (χ3n) is 5.35. The van der Waals surface area contributed by atoms with Gasteiger partial charge < -0.3 is 14.5 Å². The van der Waals surface area contributed by atoms with E-state index in [-0.39, 0.29) is 23.8 Å². The van der Waals surface area contributed by atoms with Crippen LogP contribution in [0.15, 0.2) is 47.4 Å². The van der Waals surface area contributed by atoms with Crippen molar-refractivity contribution in [1.29, 1.82) is 0 Å². The fourth-order valence-electron chi connectivity index (χ4n) is 3.57. The van der Waals surface area contributed by atoms with E-state index in [2.05, 4.69) is 46.4 Å². The number of nitrogens with zero attached hydrogens (tertiary/aromatic N) is 2. The van der Waals surface area contributed by atoms with Crippen molar-refractivity contribution in [3.8, 4) is 5.75 Å². The molecule has 0 aromatic heterocycles. The lowest BCUT2D eigenvalue weighted by molar-refractivity contribution is -0.134. The van der Waals surface area contributed by atoms with Crippen LogP contribution >= 0.6 is 12.6 Å². The van der Waals surface area contributed by atoms with Gasteiger partial charge in [0, 0.05) is 31.1 Å². The fourth-order valence-corrected chi connectivity index (χ4v) is 3.83. The molecule has 0 saturated carbocycles. The van der Waals surface area contributed by atoms with Crippen molar-refractivity contribution in [1.82, 2.24) is 9.80 Å². The van der Waals surface area contributed by atoms with Crippen LogP contribution in [-0.4, -0.2) is 54.4 Å². The Hall–Kier alpha value is -2.47. The summed E-state index contributed by atoms with van der Waals surface area (Å²) in [6.07, 6.45) is 0. The number of carbonyl (C=O) groups excluding carboxylic acids is 2. The van der Waals surface area contributed by atoms with Gasteiger partial charge in [-0.05, 0) is 36.1 Å². The Morgan fingerprint density at radius 2 is 1.63 bits per heavy atom. The van der Waals surface area contributed by atoms with Gasteiger partial charge in [-0.3, -0.25) is 9.59 Å². The quantitative estimate of drug-likeness (QED) is 0.754. The zero-order valence-corrected chi connectivity index (χ0v) is 19.0. The number of benzene rings is 2. The molecule has 0 radical (unpaired) electrons. The largest absolute Gasteiger partial charge is 0.483 e. The summed E-state index contributed by atoms with van der Waals surface area (Å²) in [5.41, 5.74) is 2.79. The molecule has 2 aromatic rings. The summed E-state index contributed by atoms with van der Waals surface area (Å²) in [6, 6.07) is 13.3. The molecular formula is C24H30N2O3S. The number of ether oxygens (including phenoxy) is 1. The van der Waals surface area contributed by atoms with Crippen molar-refractivity contribution in [3.63, 3.8) is 0 Å². The zero-order chi connectivity index (χ0) is 21.9. The van der Waals surface area contributed by atoms with Crippen molar-refractivity contribution >= 4 is 24.4 Å². The summed E-state index contributed by atoms with van der Waals surface area (Å²) in [7, 11) is 0. The third-order valence-corrected chi connectivity index (χ3v) is 5.74. The van der Waals surface area contributed by atoms with Gasteiger partial charge in [0.1, 0.15) is 5.75 Å². The maximum Gasteiger partial charge on any atom is 0.260 e. The van der Waals surface area contributed by atoms with Crippen molar-refractivity contribution in [2.24, 2.45) is 0 Å². The first kappa shape index (κ1) is 22.2. The van der Waals surface area contributed by atoms with E-state index in [4.69, 9.17) is 4.74 Å². The van der Waals surface area contributed by atoms with E-state index < -0.39 is 0 Å². The number of thiol groups is 1. The average molecular weight is 427 g/mol. The van der Waals surface area contributed by atoms with Gasteiger partial charge in [-0.15, -0.1) is 12.6 Å². The molecule has 6 heteroatoms. The zero-order valence-electron chi connectivity index (χ0n) is 18.1. The van der Waals surface area contributed by atoms with Crippen molar-refractivity contribution in [3.05, 3.63) is 59.2 Å². The first-order valence-corrected chi connectivity index (χ1v) is 10.7. The Labute approximate surface area is 184 Å². The predicted octanol–water partition coefficient (Wildman–Crippen LogP) is 3.94. The van der Waals surface area contributed by atoms with Crippen LogP contribution in [0.5, 0.6) is 5.75 Å². The highest BCUT2D eigenvalue weighted by molar-refractivity contribution is 7.80. The topological polar surface area (TPSA) is 49.9 Å². The molecule has 1 heterocycles. The Morgan fingerprint density at radius 1 is 1.00 bits per heavy atom. The standard InChI is InChI=1S/C24H30N2O3S/c1-17-9-10-20(19(15-17)24(2,3)4)29-16-22(27)25-11-13-26(14-12-25)23(28)18-7-5-6-8-21(18)30/h5-10,15,30H,11-14,16H2,1-4H3. The number of rotatable bonds is 4. The van der Waals surface area contributed by atoms with Gasteiger partial charge in [-0.25, -0.2) is 0 Å². The van der Waals surface area contributed by atoms with E-state index in [9.17, 15) is 9.59 Å². The number of piperazine rings is 1. The van der Waals surface area contributed by atoms with E-state index in [1.165, 1.54) is 5.56 Å². The second kappa shape index (κ2) is 9.13. The van der Waals surface area contributed by atoms with Crippen molar-refractivity contribution in [2.45, 2.75) is 38.0 Å². The highest BCUT2D eigenvalue weighted by atomic mass is 32.1. The van der Waals surface area contributed by atoms with Crippen molar-refractivity contribution in [2.75, 3.05) is 32.8 Å². The minimum Gasteiger partial charge on any atom is -0.483 e. The van der Waals surface area contributed by atoms with E-state index in [0.29, 0.717) is 36.6 Å². The van der Waals surface area contributed by atoms with Crippen LogP contribution in [0.1, 0.15) is 42.3 Å². The normalized spacial score (nSPS) is 14.6. The summed E-state index contributed by atoms with van der Waals surface area (Å²) in [6.45, 7) is 10.5. The van der Waals surface area contributed by atoms with Gasteiger partial charge in [0.15, 0.2) is 6.61 Å². The van der Waals surface area contributed by atoms with Gasteiger partial charge >= 0.3 is 0 Å². The van der Waals surface area contributed by atoms with Gasteiger partial charge in [-0.1, -0.05) is 50.6 Å². The Bertz CT molecular complexity index is 928. The molecule has 30 heavy (non-hydrogen) atoms. The molecule has 1 aliphatic heterocycles. The molecular weight excluding hydrogens is 396 g/mol. The maximum absolute atomic E-state index is 12.7. The molecule has 1 aliphatic rings. The smallest absolute Gasteiger partial charge is 0.260 e. The third kappa shape index (κ3) is 5.17. The number of carbonyl (C=O) groups is 2. The highest BCUT2D eigenvalue weighted by Gasteiger charge is 2.26. The summed E-state index contributed by atoms with van der Waals surface area (Å²) in [5, 5.41) is 0. The van der Waals surface area contributed by atoms with E-state index in [1.54, 1.807) is 15.9 Å². The molecule has 3 rings (SSSR count). The molecule has 0 N–H and O–H groups in total. The minimum atomic E-state index is -0.0698. The highest BCUT2D eigenvalue weighted by Crippen LogP contribution is 2.32. The fraction of sp³-hybridized carbons (Fsp3) is 0.417. The molecule has 0 bridgehead atoms. The van der Waals surface area contributed by atoms with Crippen LogP contribution in [0, 0.1) is 6.92 Å². The van der Waals surface area contributed by atoms with Crippen LogP contribution in [0.4, 0.5) is 0 Å². The molecule has 0 aliphatic carbocycles. The molecule has 1 fully saturated rings. The molecule has 2 aromatic carbocycles. The van der Waals surface area contributed by atoms with Crippen LogP contribution in [0.2, 0.25) is 0 Å². The molecule has 0 atom stereocenters. The number of hydrogen-bond acceptors (Lipinski definition) is 4. The van der Waals surface area contributed by atoms with Crippen LogP contribution in [0.25, 0.3) is 0 Å². The first-order valence-electron chi connectivity index (χ1n) is 10.3. The average Bonchev–Trinajstić information content (AvgIpc) is 2.72. The van der Waals surface area contributed by atoms with Gasteiger partial charge in [0.05, 0.1) is 5.56 Å². The monoisotopic (exact) mass is 426 g/mol. The molecule has 1 saturated heterocycles. The van der Waals surface area contributed by atoms with Gasteiger partial charge in [0.25, 0.3) is 11.8 Å². The first-order chi connectivity index (χ1) is 14.2. The van der Waals surface area contributed by atoms with Gasteiger partial charge in [-0.2, -0.15) is 0 Å². The van der Waals surface area contributed by atoms with Gasteiger partial charge in [0.2, 0.25) is 0 Å². The van der Waals surface area contributed by atoms with E-state index >= 15 is 0 Å². The number of aryl methyl sites for hydroxylation is 1. The summed E-state index contributed by atoms with van der Waals surface area (Å²) >= 11 is 4.38. The lowest BCUT2D eigenvalue weighted by atomic mass is 9.85. The maximum atomic E-state index is 12.7. The molecule has 0 unspecified atom stereocenters. The molecule has 0 spiro atoms. The van der Waals surface area contributed by atoms with Crippen LogP contribution in [0.3, 0.4) is 0 Å². The Morgan fingerprint density at radius 3 is 2.27 bits per heavy atom. The van der Waals surface area contributed by atoms with Crippen molar-refractivity contribution < 1.29 is 14.3 Å². The van der Waals surface area contributed by atoms with Crippen LogP contribution in [-0.2, 0) is 10.2 Å². The predicted molar refractivity (Wildman–Crippen MR) is 122 cm³/mol. The summed E-state index contributed by atoms with van der Waals surface area (Å²) < 4.78 is 5.91. The van der Waals surface area contributed by atoms with E-state index in [0.717, 1.165) is 11.3 Å². The number of amides is 2. The molecule has 2 amide bonds. The second-order valence-electron chi connectivity index (χ2n) is 8.73. The lowest BCUT2D eigenvalue weighted by Crippen LogP contribution is -2.51. The number of hydrogen-bond donors (Lipinski definition) is 1. The Balaban J connectivity index is 1.57. The Kier molecular flexibility index (Phi) is 6.76. The minimum absolute atomic E-state index is 0.000436. The van der Waals surface area contributed by atoms with E-state index in [1.807, 2.05) is 30.3 Å². The lowest BCUT2D eigenvalue weighted by Gasteiger charge is -2.35. The van der Waals surface area contributed by atoms with Crippen LogP contribution < -0.4 is 4.74 Å².